The van der Waals surface area contributed by atoms with Gasteiger partial charge in [-0.25, -0.2) is 19.9 Å². The average Bonchev–Trinajstić information content (AvgIpc) is 3.47. The normalized spacial score (nSPS) is 10.6. The van der Waals surface area contributed by atoms with E-state index in [1.54, 1.807) is 19.3 Å². The van der Waals surface area contributed by atoms with E-state index < -0.39 is 0 Å². The summed E-state index contributed by atoms with van der Waals surface area (Å²) in [6.07, 6.45) is 3.90. The number of fused-ring (bicyclic) bond motifs is 1. The van der Waals surface area contributed by atoms with Crippen LogP contribution < -0.4 is 5.73 Å². The van der Waals surface area contributed by atoms with Crippen LogP contribution in [0.5, 0.6) is 0 Å². The molecule has 2 N–H and O–H groups in total. The van der Waals surface area contributed by atoms with Gasteiger partial charge in [-0.3, -0.25) is 4.79 Å². The second-order valence-corrected chi connectivity index (χ2v) is 7.31. The number of aldehydes is 1. The summed E-state index contributed by atoms with van der Waals surface area (Å²) >= 11 is 1.49. The summed E-state index contributed by atoms with van der Waals surface area (Å²) in [5.74, 6) is 1.06. The molecule has 0 radical (unpaired) electrons. The van der Waals surface area contributed by atoms with Crippen LogP contribution in [0.25, 0.3) is 32.3 Å². The van der Waals surface area contributed by atoms with Crippen molar-refractivity contribution in [2.45, 2.75) is 6.92 Å². The van der Waals surface area contributed by atoms with E-state index in [1.165, 1.54) is 17.7 Å². The van der Waals surface area contributed by atoms with Gasteiger partial charge in [-0.05, 0) is 6.92 Å². The zero-order valence-corrected chi connectivity index (χ0v) is 17.0. The van der Waals surface area contributed by atoms with E-state index >= 15 is 0 Å². The zero-order chi connectivity index (χ0) is 21.1. The molecule has 0 aliphatic heterocycles. The third-order valence-corrected chi connectivity index (χ3v) is 5.15. The first-order valence-corrected chi connectivity index (χ1v) is 9.71. The molecule has 0 saturated carbocycles. The van der Waals surface area contributed by atoms with E-state index in [1.807, 2.05) is 41.9 Å². The maximum absolute atomic E-state index is 9.90. The van der Waals surface area contributed by atoms with Gasteiger partial charge in [0.15, 0.2) is 12.1 Å². The van der Waals surface area contributed by atoms with E-state index in [9.17, 15) is 4.79 Å². The third kappa shape index (κ3) is 3.80. The number of hydrogen-bond acceptors (Lipinski definition) is 9. The molecule has 5 aromatic rings. The molecule has 0 aliphatic rings. The summed E-state index contributed by atoms with van der Waals surface area (Å²) in [6.45, 7) is 1.74. The van der Waals surface area contributed by atoms with Crippen molar-refractivity contribution in [3.8, 4) is 22.0 Å². The number of carbonyl (C=O) groups excluding carboxylic acids is 1. The van der Waals surface area contributed by atoms with Crippen LogP contribution in [-0.2, 0) is 7.05 Å². The van der Waals surface area contributed by atoms with Crippen molar-refractivity contribution >= 4 is 33.8 Å². The molecule has 150 valence electrons. The smallest absolute Gasteiger partial charge is 0.171 e. The zero-order valence-electron chi connectivity index (χ0n) is 16.2. The molecule has 0 unspecified atom stereocenters. The number of thiazole rings is 1. The average molecular weight is 419 g/mol. The van der Waals surface area contributed by atoms with Crippen LogP contribution in [0.1, 0.15) is 16.2 Å². The van der Waals surface area contributed by atoms with Crippen LogP contribution in [0.2, 0.25) is 0 Å². The Balaban J connectivity index is 0.000000230. The predicted molar refractivity (Wildman–Crippen MR) is 114 cm³/mol. The maximum Gasteiger partial charge on any atom is 0.171 e. The van der Waals surface area contributed by atoms with Gasteiger partial charge in [-0.15, -0.1) is 0 Å². The van der Waals surface area contributed by atoms with Gasteiger partial charge in [-0.1, -0.05) is 46.8 Å². The van der Waals surface area contributed by atoms with Crippen LogP contribution in [-0.4, -0.2) is 35.9 Å². The summed E-state index contributed by atoms with van der Waals surface area (Å²) in [5.41, 5.74) is 9.77. The molecule has 0 saturated heterocycles. The van der Waals surface area contributed by atoms with E-state index in [0.717, 1.165) is 26.8 Å². The van der Waals surface area contributed by atoms with E-state index in [2.05, 4.69) is 29.6 Å². The first kappa shape index (κ1) is 19.4. The molecule has 0 atom stereocenters. The summed E-state index contributed by atoms with van der Waals surface area (Å²) < 4.78 is 6.54. The number of rotatable bonds is 3. The number of hydrogen-bond donors (Lipinski definition) is 1. The molecule has 0 bridgehead atoms. The fourth-order valence-electron chi connectivity index (χ4n) is 2.80. The highest BCUT2D eigenvalue weighted by molar-refractivity contribution is 7.21. The second kappa shape index (κ2) is 8.21. The Bertz CT molecular complexity index is 1310. The van der Waals surface area contributed by atoms with Crippen molar-refractivity contribution in [3.63, 3.8) is 0 Å². The lowest BCUT2D eigenvalue weighted by molar-refractivity contribution is 0.111. The predicted octanol–water partition coefficient (Wildman–Crippen LogP) is 3.53. The Morgan fingerprint density at radius 2 is 1.97 bits per heavy atom. The molecule has 4 heterocycles. The third-order valence-electron chi connectivity index (χ3n) is 4.18. The van der Waals surface area contributed by atoms with Crippen LogP contribution in [0, 0.1) is 6.92 Å². The Morgan fingerprint density at radius 1 is 1.17 bits per heavy atom. The van der Waals surface area contributed by atoms with Gasteiger partial charge in [0.25, 0.3) is 0 Å². The van der Waals surface area contributed by atoms with Crippen molar-refractivity contribution < 1.29 is 9.32 Å². The van der Waals surface area contributed by atoms with E-state index in [4.69, 9.17) is 5.73 Å². The van der Waals surface area contributed by atoms with Crippen LogP contribution >= 0.6 is 11.3 Å². The van der Waals surface area contributed by atoms with Crippen LogP contribution in [0.4, 0.5) is 5.82 Å². The molecule has 0 fully saturated rings. The molecular weight excluding hydrogens is 402 g/mol. The summed E-state index contributed by atoms with van der Waals surface area (Å²) in [6, 6.07) is 11.6. The van der Waals surface area contributed by atoms with Gasteiger partial charge in [0.2, 0.25) is 0 Å². The van der Waals surface area contributed by atoms with E-state index in [0.29, 0.717) is 29.1 Å². The Hall–Kier alpha value is -3.92. The summed E-state index contributed by atoms with van der Waals surface area (Å²) in [7, 11) is 1.95. The molecule has 0 amide bonds. The molecule has 4 aromatic heterocycles. The van der Waals surface area contributed by atoms with E-state index in [-0.39, 0.29) is 0 Å². The number of carbonyl (C=O) groups is 1. The summed E-state index contributed by atoms with van der Waals surface area (Å²) in [5, 5.41) is 4.23. The lowest BCUT2D eigenvalue weighted by atomic mass is 10.1. The quantitative estimate of drug-likeness (QED) is 0.440. The highest BCUT2D eigenvalue weighted by Crippen LogP contribution is 2.35. The SMILES string of the molecule is Cc1cc(C=O)no1.Cn1cnc(-c2ccccc2)c1-c1nc2c(N)ncnc2s1. The fraction of sp³-hybridized carbons (Fsp3) is 0.100. The Morgan fingerprint density at radius 3 is 2.60 bits per heavy atom. The van der Waals surface area contributed by atoms with Gasteiger partial charge in [-0.2, -0.15) is 0 Å². The number of benzene rings is 1. The molecule has 30 heavy (non-hydrogen) atoms. The molecule has 0 spiro atoms. The Kier molecular flexibility index (Phi) is 5.31. The topological polar surface area (TPSA) is 126 Å². The van der Waals surface area contributed by atoms with Crippen molar-refractivity contribution in [1.29, 1.82) is 0 Å². The largest absolute Gasteiger partial charge is 0.382 e. The monoisotopic (exact) mass is 419 g/mol. The molecule has 0 aliphatic carbocycles. The van der Waals surface area contributed by atoms with Gasteiger partial charge >= 0.3 is 0 Å². The van der Waals surface area contributed by atoms with Crippen molar-refractivity contribution in [2.75, 3.05) is 5.73 Å². The van der Waals surface area contributed by atoms with Crippen LogP contribution in [0.15, 0.2) is 53.6 Å². The lowest BCUT2D eigenvalue weighted by Gasteiger charge is -2.02. The minimum atomic E-state index is 0.350. The first-order chi connectivity index (χ1) is 14.6. The van der Waals surface area contributed by atoms with Crippen molar-refractivity contribution in [1.82, 2.24) is 29.7 Å². The molecule has 9 nitrogen and oxygen atoms in total. The highest BCUT2D eigenvalue weighted by Gasteiger charge is 2.18. The molecular formula is C20H17N7O2S. The standard InChI is InChI=1S/C15H12N6S.C5H5NO2/c1-21-8-19-10(9-5-3-2-4-6-9)12(21)15-20-11-13(16)17-7-18-14(11)22-15;1-4-2-5(3-7)6-8-4/h2-8H,1H3,(H2,16,17,18);2-3H,1H3. The minimum absolute atomic E-state index is 0.350. The second-order valence-electron chi connectivity index (χ2n) is 6.33. The summed E-state index contributed by atoms with van der Waals surface area (Å²) in [4.78, 5) is 28.0. The molecule has 10 heteroatoms. The van der Waals surface area contributed by atoms with Gasteiger partial charge < -0.3 is 14.8 Å². The number of imidazole rings is 1. The number of anilines is 1. The van der Waals surface area contributed by atoms with Crippen molar-refractivity contribution in [2.24, 2.45) is 7.05 Å². The first-order valence-electron chi connectivity index (χ1n) is 8.89. The van der Waals surface area contributed by atoms with Gasteiger partial charge in [0, 0.05) is 18.7 Å². The minimum Gasteiger partial charge on any atom is -0.382 e. The van der Waals surface area contributed by atoms with Gasteiger partial charge in [0.1, 0.15) is 38.8 Å². The number of nitrogen functional groups attached to an aromatic ring is 1. The highest BCUT2D eigenvalue weighted by atomic mass is 32.1. The number of nitrogens with two attached hydrogens (primary N) is 1. The maximum atomic E-state index is 9.90. The van der Waals surface area contributed by atoms with Gasteiger partial charge in [0.05, 0.1) is 12.0 Å². The molecule has 5 rings (SSSR count). The Labute approximate surface area is 175 Å². The number of nitrogens with zero attached hydrogens (tertiary/aromatic N) is 6. The molecule has 1 aromatic carbocycles. The number of aromatic nitrogens is 6. The fourth-order valence-corrected chi connectivity index (χ4v) is 3.81. The lowest BCUT2D eigenvalue weighted by Crippen LogP contribution is -1.93. The number of aryl methyl sites for hydroxylation is 2. The van der Waals surface area contributed by atoms with Crippen molar-refractivity contribution in [3.05, 3.63) is 60.5 Å². The van der Waals surface area contributed by atoms with Crippen LogP contribution in [0.3, 0.4) is 0 Å².